The molecule has 0 aliphatic heterocycles. The zero-order valence-corrected chi connectivity index (χ0v) is 14.9. The summed E-state index contributed by atoms with van der Waals surface area (Å²) in [6, 6.07) is 6.80. The molecular weight excluding hydrogens is 344 g/mol. The van der Waals surface area contributed by atoms with E-state index >= 15 is 0 Å². The van der Waals surface area contributed by atoms with E-state index in [9.17, 15) is 9.59 Å². The Labute approximate surface area is 146 Å². The molecule has 0 spiro atoms. The van der Waals surface area contributed by atoms with Gasteiger partial charge in [-0.25, -0.2) is 9.67 Å². The average Bonchev–Trinajstić information content (AvgIpc) is 3.19. The summed E-state index contributed by atoms with van der Waals surface area (Å²) in [5.41, 5.74) is 1.44. The lowest BCUT2D eigenvalue weighted by Gasteiger charge is -2.07. The van der Waals surface area contributed by atoms with Gasteiger partial charge < -0.3 is 5.32 Å². The van der Waals surface area contributed by atoms with Gasteiger partial charge >= 0.3 is 0 Å². The minimum atomic E-state index is -0.192. The number of carbonyl (C=O) groups excluding carboxylic acids is 1. The number of nitrogens with zero attached hydrogens (tertiary/aromatic N) is 3. The van der Waals surface area contributed by atoms with Crippen LogP contribution in [0, 0.1) is 13.8 Å². The monoisotopic (exact) mass is 360 g/mol. The zero-order valence-electron chi connectivity index (χ0n) is 13.3. The minimum Gasteiger partial charge on any atom is -0.349 e. The van der Waals surface area contributed by atoms with Gasteiger partial charge in [0.05, 0.1) is 27.0 Å². The van der Waals surface area contributed by atoms with E-state index in [1.165, 1.54) is 22.1 Å². The second kappa shape index (κ2) is 7.06. The summed E-state index contributed by atoms with van der Waals surface area (Å²) in [6.45, 7) is 4.53. The fraction of sp³-hybridized carbons (Fsp3) is 0.250. The first kappa shape index (κ1) is 16.5. The van der Waals surface area contributed by atoms with Crippen molar-refractivity contribution in [2.45, 2.75) is 20.4 Å². The fourth-order valence-electron chi connectivity index (χ4n) is 2.27. The molecule has 0 saturated heterocycles. The van der Waals surface area contributed by atoms with Gasteiger partial charge in [-0.15, -0.1) is 22.7 Å². The first-order chi connectivity index (χ1) is 11.5. The van der Waals surface area contributed by atoms with Gasteiger partial charge in [-0.2, -0.15) is 5.10 Å². The van der Waals surface area contributed by atoms with Crippen LogP contribution in [0.5, 0.6) is 0 Å². The number of thiazole rings is 1. The van der Waals surface area contributed by atoms with Crippen LogP contribution in [-0.2, 0) is 6.54 Å². The van der Waals surface area contributed by atoms with E-state index in [-0.39, 0.29) is 11.5 Å². The maximum Gasteiger partial charge on any atom is 0.266 e. The first-order valence-corrected chi connectivity index (χ1v) is 9.08. The normalized spacial score (nSPS) is 10.8. The van der Waals surface area contributed by atoms with Gasteiger partial charge in [-0.1, -0.05) is 6.07 Å². The molecule has 0 saturated carbocycles. The van der Waals surface area contributed by atoms with Crippen molar-refractivity contribution in [3.63, 3.8) is 0 Å². The lowest BCUT2D eigenvalue weighted by Crippen LogP contribution is -2.31. The molecule has 0 unspecified atom stereocenters. The number of rotatable bonds is 5. The molecule has 1 amide bonds. The molecule has 3 aromatic rings. The number of hydrogen-bond acceptors (Lipinski definition) is 6. The highest BCUT2D eigenvalue weighted by atomic mass is 32.1. The van der Waals surface area contributed by atoms with Crippen molar-refractivity contribution < 1.29 is 4.79 Å². The third-order valence-electron chi connectivity index (χ3n) is 3.36. The number of thiophene rings is 1. The molecule has 0 fully saturated rings. The van der Waals surface area contributed by atoms with Crippen LogP contribution in [0.4, 0.5) is 0 Å². The van der Waals surface area contributed by atoms with Gasteiger partial charge in [-0.3, -0.25) is 9.59 Å². The van der Waals surface area contributed by atoms with Gasteiger partial charge in [-0.05, 0) is 31.4 Å². The van der Waals surface area contributed by atoms with Crippen LogP contribution in [-0.4, -0.2) is 27.2 Å². The Kier molecular flexibility index (Phi) is 4.86. The van der Waals surface area contributed by atoms with Crippen LogP contribution in [0.3, 0.4) is 0 Å². The average molecular weight is 360 g/mol. The van der Waals surface area contributed by atoms with Crippen LogP contribution < -0.4 is 10.9 Å². The Balaban J connectivity index is 1.72. The zero-order chi connectivity index (χ0) is 17.1. The first-order valence-electron chi connectivity index (χ1n) is 7.39. The van der Waals surface area contributed by atoms with E-state index in [0.717, 1.165) is 21.3 Å². The molecular formula is C16H16N4O2S2. The molecule has 1 N–H and O–H groups in total. The van der Waals surface area contributed by atoms with Gasteiger partial charge in [0.2, 0.25) is 0 Å². The summed E-state index contributed by atoms with van der Waals surface area (Å²) in [4.78, 5) is 29.9. The topological polar surface area (TPSA) is 76.9 Å². The van der Waals surface area contributed by atoms with Crippen LogP contribution in [0.15, 0.2) is 34.4 Å². The molecule has 0 atom stereocenters. The molecule has 6 nitrogen and oxygen atoms in total. The van der Waals surface area contributed by atoms with Crippen molar-refractivity contribution >= 4 is 28.6 Å². The summed E-state index contributed by atoms with van der Waals surface area (Å²) >= 11 is 2.93. The highest BCUT2D eigenvalue weighted by molar-refractivity contribution is 7.15. The lowest BCUT2D eigenvalue weighted by atomic mass is 10.3. The van der Waals surface area contributed by atoms with Crippen molar-refractivity contribution in [2.75, 3.05) is 6.54 Å². The highest BCUT2D eigenvalue weighted by Gasteiger charge is 2.11. The number of aromatic nitrogens is 3. The number of carbonyl (C=O) groups is 1. The van der Waals surface area contributed by atoms with Crippen molar-refractivity contribution in [3.8, 4) is 10.6 Å². The molecule has 0 aliphatic carbocycles. The van der Waals surface area contributed by atoms with Crippen LogP contribution in [0.1, 0.15) is 20.4 Å². The summed E-state index contributed by atoms with van der Waals surface area (Å²) in [6.07, 6.45) is 0. The van der Waals surface area contributed by atoms with E-state index in [1.54, 1.807) is 23.5 Å². The second-order valence-corrected chi connectivity index (χ2v) is 7.31. The minimum absolute atomic E-state index is 0.136. The summed E-state index contributed by atoms with van der Waals surface area (Å²) < 4.78 is 1.37. The van der Waals surface area contributed by atoms with Crippen molar-refractivity contribution in [1.82, 2.24) is 20.1 Å². The van der Waals surface area contributed by atoms with E-state index in [4.69, 9.17) is 0 Å². The summed E-state index contributed by atoms with van der Waals surface area (Å²) in [5, 5.41) is 10.0. The molecule has 0 bridgehead atoms. The van der Waals surface area contributed by atoms with E-state index in [2.05, 4.69) is 15.4 Å². The van der Waals surface area contributed by atoms with E-state index in [0.29, 0.717) is 18.0 Å². The predicted octanol–water partition coefficient (Wildman–Crippen LogP) is 2.48. The standard InChI is InChI=1S/C16H16N4O2S2/c1-10-15(24-11(2)18-10)12-5-6-14(21)20(19-12)8-7-17-16(22)13-4-3-9-23-13/h3-6,9H,7-8H2,1-2H3,(H,17,22). The Morgan fingerprint density at radius 1 is 1.29 bits per heavy atom. The van der Waals surface area contributed by atoms with Crippen molar-refractivity contribution in [1.29, 1.82) is 0 Å². The summed E-state index contributed by atoms with van der Waals surface area (Å²) in [5.74, 6) is -0.136. The highest BCUT2D eigenvalue weighted by Crippen LogP contribution is 2.27. The Morgan fingerprint density at radius 2 is 2.12 bits per heavy atom. The largest absolute Gasteiger partial charge is 0.349 e. The fourth-order valence-corrected chi connectivity index (χ4v) is 3.79. The molecule has 3 rings (SSSR count). The SMILES string of the molecule is Cc1nc(C)c(-c2ccc(=O)n(CCNC(=O)c3cccs3)n2)s1. The third-order valence-corrected chi connectivity index (χ3v) is 5.32. The molecule has 0 radical (unpaired) electrons. The Hall–Kier alpha value is -2.32. The number of hydrogen-bond donors (Lipinski definition) is 1. The van der Waals surface area contributed by atoms with Gasteiger partial charge in [0.25, 0.3) is 11.5 Å². The molecule has 24 heavy (non-hydrogen) atoms. The predicted molar refractivity (Wildman–Crippen MR) is 95.7 cm³/mol. The Morgan fingerprint density at radius 3 is 2.79 bits per heavy atom. The second-order valence-electron chi connectivity index (χ2n) is 5.16. The summed E-state index contributed by atoms with van der Waals surface area (Å²) in [7, 11) is 0. The molecule has 0 aliphatic rings. The smallest absolute Gasteiger partial charge is 0.266 e. The van der Waals surface area contributed by atoms with Gasteiger partial charge in [0, 0.05) is 12.6 Å². The van der Waals surface area contributed by atoms with Crippen molar-refractivity contribution in [2.24, 2.45) is 0 Å². The van der Waals surface area contributed by atoms with Gasteiger partial charge in [0.15, 0.2) is 0 Å². The number of nitrogens with one attached hydrogen (secondary N) is 1. The maximum absolute atomic E-state index is 12.0. The van der Waals surface area contributed by atoms with Crippen LogP contribution >= 0.6 is 22.7 Å². The van der Waals surface area contributed by atoms with Crippen LogP contribution in [0.2, 0.25) is 0 Å². The van der Waals surface area contributed by atoms with E-state index in [1.807, 2.05) is 25.3 Å². The third kappa shape index (κ3) is 3.60. The lowest BCUT2D eigenvalue weighted by molar-refractivity contribution is 0.0956. The Bertz CT molecular complexity index is 913. The molecule has 3 heterocycles. The molecule has 3 aromatic heterocycles. The maximum atomic E-state index is 12.0. The molecule has 8 heteroatoms. The van der Waals surface area contributed by atoms with E-state index < -0.39 is 0 Å². The van der Waals surface area contributed by atoms with Crippen molar-refractivity contribution in [3.05, 3.63) is 55.6 Å². The quantitative estimate of drug-likeness (QED) is 0.758. The van der Waals surface area contributed by atoms with Gasteiger partial charge in [0.1, 0.15) is 5.69 Å². The van der Waals surface area contributed by atoms with Crippen LogP contribution in [0.25, 0.3) is 10.6 Å². The number of amides is 1. The molecule has 0 aromatic carbocycles. The number of aryl methyl sites for hydroxylation is 2. The molecule has 124 valence electrons.